The summed E-state index contributed by atoms with van der Waals surface area (Å²) in [5, 5.41) is 3.88. The van der Waals surface area contributed by atoms with Gasteiger partial charge in [-0.05, 0) is 19.1 Å². The predicted molar refractivity (Wildman–Crippen MR) is 105 cm³/mol. The summed E-state index contributed by atoms with van der Waals surface area (Å²) in [6.45, 7) is 11.2. The molecular weight excluding hydrogens is 359 g/mol. The van der Waals surface area contributed by atoms with Crippen molar-refractivity contribution in [2.24, 2.45) is 5.92 Å². The summed E-state index contributed by atoms with van der Waals surface area (Å²) >= 11 is 0. The van der Waals surface area contributed by atoms with E-state index in [0.29, 0.717) is 37.4 Å². The third-order valence-corrected chi connectivity index (χ3v) is 5.53. The van der Waals surface area contributed by atoms with E-state index >= 15 is 0 Å². The number of anilines is 1. The number of hydrogen-bond acceptors (Lipinski definition) is 5. The number of carbonyl (C=O) groups is 1. The SMILES string of the molecule is [C-]#[N+]c1ccc(N2C[C@@H](C)O[C@@H](C(=O)C[C@@H]3CNC[C@@H]3F)C2)c2cccnc12. The zero-order valence-corrected chi connectivity index (χ0v) is 15.8. The lowest BCUT2D eigenvalue weighted by molar-refractivity contribution is -0.136. The summed E-state index contributed by atoms with van der Waals surface area (Å²) < 4.78 is 19.8. The van der Waals surface area contributed by atoms with Crippen LogP contribution in [0.2, 0.25) is 0 Å². The third-order valence-electron chi connectivity index (χ3n) is 5.53. The molecule has 0 aliphatic carbocycles. The van der Waals surface area contributed by atoms with Crippen molar-refractivity contribution < 1.29 is 13.9 Å². The second-order valence-corrected chi connectivity index (χ2v) is 7.56. The number of benzene rings is 1. The molecular formula is C21H23FN4O2. The van der Waals surface area contributed by atoms with Crippen LogP contribution < -0.4 is 10.2 Å². The fourth-order valence-corrected chi connectivity index (χ4v) is 4.13. The Morgan fingerprint density at radius 3 is 3.00 bits per heavy atom. The minimum Gasteiger partial charge on any atom is -0.365 e. The summed E-state index contributed by atoms with van der Waals surface area (Å²) in [4.78, 5) is 22.8. The minimum absolute atomic E-state index is 0.0480. The molecule has 2 fully saturated rings. The van der Waals surface area contributed by atoms with Crippen LogP contribution >= 0.6 is 0 Å². The summed E-state index contributed by atoms with van der Waals surface area (Å²) in [5.74, 6) is -0.321. The highest BCUT2D eigenvalue weighted by Crippen LogP contribution is 2.34. The molecule has 1 aromatic heterocycles. The minimum atomic E-state index is -0.975. The summed E-state index contributed by atoms with van der Waals surface area (Å²) in [6.07, 6.45) is 0.190. The zero-order valence-electron chi connectivity index (χ0n) is 15.8. The van der Waals surface area contributed by atoms with Gasteiger partial charge < -0.3 is 15.0 Å². The highest BCUT2D eigenvalue weighted by molar-refractivity contribution is 6.00. The van der Waals surface area contributed by atoms with Gasteiger partial charge in [0.15, 0.2) is 5.78 Å². The maximum Gasteiger partial charge on any atom is 0.213 e. The Morgan fingerprint density at radius 2 is 2.25 bits per heavy atom. The van der Waals surface area contributed by atoms with Gasteiger partial charge in [0.05, 0.1) is 24.7 Å². The first-order valence-corrected chi connectivity index (χ1v) is 9.60. The molecule has 1 N–H and O–H groups in total. The average Bonchev–Trinajstić information content (AvgIpc) is 3.11. The van der Waals surface area contributed by atoms with Crippen LogP contribution in [-0.2, 0) is 9.53 Å². The first kappa shape index (κ1) is 18.8. The van der Waals surface area contributed by atoms with E-state index in [1.165, 1.54) is 0 Å². The topological polar surface area (TPSA) is 58.8 Å². The van der Waals surface area contributed by atoms with Crippen LogP contribution in [0, 0.1) is 12.5 Å². The second-order valence-electron chi connectivity index (χ2n) is 7.56. The first-order valence-electron chi connectivity index (χ1n) is 9.60. The van der Waals surface area contributed by atoms with Gasteiger partial charge in [-0.1, -0.05) is 12.1 Å². The van der Waals surface area contributed by atoms with Crippen molar-refractivity contribution in [3.8, 4) is 0 Å². The number of halogens is 1. The van der Waals surface area contributed by atoms with Crippen LogP contribution in [0.15, 0.2) is 30.5 Å². The number of alkyl halides is 1. The van der Waals surface area contributed by atoms with Gasteiger partial charge in [-0.25, -0.2) is 9.24 Å². The average molecular weight is 382 g/mol. The Bertz CT molecular complexity index is 928. The van der Waals surface area contributed by atoms with E-state index in [0.717, 1.165) is 11.1 Å². The molecule has 3 heterocycles. The quantitative estimate of drug-likeness (QED) is 0.824. The van der Waals surface area contributed by atoms with E-state index in [-0.39, 0.29) is 24.2 Å². The third kappa shape index (κ3) is 3.58. The Hall–Kier alpha value is -2.56. The highest BCUT2D eigenvalue weighted by atomic mass is 19.1. The molecule has 0 amide bonds. The number of morpholine rings is 1. The molecule has 1 aromatic carbocycles. The van der Waals surface area contributed by atoms with Crippen molar-refractivity contribution in [2.75, 3.05) is 31.1 Å². The van der Waals surface area contributed by atoms with Gasteiger partial charge in [-0.2, -0.15) is 0 Å². The molecule has 7 heteroatoms. The van der Waals surface area contributed by atoms with Crippen molar-refractivity contribution in [1.29, 1.82) is 0 Å². The van der Waals surface area contributed by atoms with Crippen molar-refractivity contribution in [3.63, 3.8) is 0 Å². The largest absolute Gasteiger partial charge is 0.365 e. The van der Waals surface area contributed by atoms with Crippen molar-refractivity contribution in [3.05, 3.63) is 41.9 Å². The number of ether oxygens (including phenoxy) is 1. The lowest BCUT2D eigenvalue weighted by Gasteiger charge is -2.38. The molecule has 4 rings (SSSR count). The number of hydrogen-bond donors (Lipinski definition) is 1. The van der Waals surface area contributed by atoms with E-state index in [1.54, 1.807) is 12.3 Å². The molecule has 0 bridgehead atoms. The first-order chi connectivity index (χ1) is 13.6. The number of ketones is 1. The molecule has 2 aliphatic rings. The fourth-order valence-electron chi connectivity index (χ4n) is 4.13. The Kier molecular flexibility index (Phi) is 5.25. The molecule has 4 atom stereocenters. The number of pyridine rings is 1. The highest BCUT2D eigenvalue weighted by Gasteiger charge is 2.35. The molecule has 2 aliphatic heterocycles. The number of nitrogens with zero attached hydrogens (tertiary/aromatic N) is 3. The van der Waals surface area contributed by atoms with E-state index in [1.807, 2.05) is 25.1 Å². The van der Waals surface area contributed by atoms with E-state index in [4.69, 9.17) is 11.3 Å². The van der Waals surface area contributed by atoms with Crippen molar-refractivity contribution >= 4 is 28.1 Å². The second kappa shape index (κ2) is 7.82. The van der Waals surface area contributed by atoms with Gasteiger partial charge in [-0.15, -0.1) is 0 Å². The molecule has 0 unspecified atom stereocenters. The number of carbonyl (C=O) groups excluding carboxylic acids is 1. The maximum atomic E-state index is 13.9. The summed E-state index contributed by atoms with van der Waals surface area (Å²) in [6, 6.07) is 7.48. The molecule has 28 heavy (non-hydrogen) atoms. The maximum absolute atomic E-state index is 13.9. The lowest BCUT2D eigenvalue weighted by atomic mass is 9.96. The lowest BCUT2D eigenvalue weighted by Crippen LogP contribution is -2.50. The van der Waals surface area contributed by atoms with Crippen LogP contribution in [0.5, 0.6) is 0 Å². The zero-order chi connectivity index (χ0) is 19.7. The van der Waals surface area contributed by atoms with Gasteiger partial charge in [0.1, 0.15) is 12.3 Å². The fraction of sp³-hybridized carbons (Fsp3) is 0.476. The van der Waals surface area contributed by atoms with E-state index < -0.39 is 12.3 Å². The van der Waals surface area contributed by atoms with Crippen molar-refractivity contribution in [1.82, 2.24) is 10.3 Å². The molecule has 0 saturated carbocycles. The normalized spacial score (nSPS) is 27.7. The number of Topliss-reactive ketones (excluding diaryl/α,β-unsaturated/α-hetero) is 1. The van der Waals surface area contributed by atoms with E-state index in [9.17, 15) is 9.18 Å². The number of rotatable bonds is 4. The number of nitrogens with one attached hydrogen (secondary N) is 1. The standard InChI is InChI=1S/C21H23FN4O2/c1-13-11-26(12-20(28-13)19(27)8-14-9-24-10-16(14)22)18-6-5-17(23-2)21-15(18)4-3-7-25-21/h3-7,13-14,16,20,24H,8-12H2,1H3/t13-,14-,16+,20-/m1/s1. The van der Waals surface area contributed by atoms with Crippen LogP contribution in [0.25, 0.3) is 15.7 Å². The monoisotopic (exact) mass is 382 g/mol. The molecule has 2 aromatic rings. The molecule has 146 valence electrons. The molecule has 0 spiro atoms. The van der Waals surface area contributed by atoms with Gasteiger partial charge >= 0.3 is 0 Å². The van der Waals surface area contributed by atoms with Gasteiger partial charge in [0, 0.05) is 49.2 Å². The Labute approximate surface area is 163 Å². The van der Waals surface area contributed by atoms with Crippen LogP contribution in [0.1, 0.15) is 13.3 Å². The summed E-state index contributed by atoms with van der Waals surface area (Å²) in [7, 11) is 0. The van der Waals surface area contributed by atoms with Gasteiger partial charge in [0.25, 0.3) is 0 Å². The van der Waals surface area contributed by atoms with Gasteiger partial charge in [-0.3, -0.25) is 9.78 Å². The number of aromatic nitrogens is 1. The smallest absolute Gasteiger partial charge is 0.213 e. The number of fused-ring (bicyclic) bond motifs is 1. The predicted octanol–water partition coefficient (Wildman–Crippen LogP) is 2.90. The van der Waals surface area contributed by atoms with Crippen molar-refractivity contribution in [2.45, 2.75) is 31.7 Å². The van der Waals surface area contributed by atoms with Crippen LogP contribution in [0.4, 0.5) is 15.8 Å². The molecule has 0 radical (unpaired) electrons. The molecule has 6 nitrogen and oxygen atoms in total. The summed E-state index contributed by atoms with van der Waals surface area (Å²) in [5.41, 5.74) is 2.11. The Morgan fingerprint density at radius 1 is 1.39 bits per heavy atom. The molecule has 2 saturated heterocycles. The Balaban J connectivity index is 1.58. The van der Waals surface area contributed by atoms with E-state index in [2.05, 4.69) is 20.0 Å². The van der Waals surface area contributed by atoms with Crippen LogP contribution in [-0.4, -0.2) is 55.3 Å². The van der Waals surface area contributed by atoms with Gasteiger partial charge in [0.2, 0.25) is 5.69 Å². The van der Waals surface area contributed by atoms with Crippen LogP contribution in [0.3, 0.4) is 0 Å².